The van der Waals surface area contributed by atoms with Gasteiger partial charge >= 0.3 is 0 Å². The van der Waals surface area contributed by atoms with Crippen LogP contribution in [0.5, 0.6) is 0 Å². The molecule has 0 bridgehead atoms. The molecule has 22 heavy (non-hydrogen) atoms. The topological polar surface area (TPSA) is 46.1 Å². The van der Waals surface area contributed by atoms with Crippen LogP contribution in [0, 0.1) is 0 Å². The van der Waals surface area contributed by atoms with Crippen molar-refractivity contribution in [3.63, 3.8) is 0 Å². The van der Waals surface area contributed by atoms with E-state index in [1.54, 1.807) is 18.3 Å². The highest BCUT2D eigenvalue weighted by atomic mass is 79.9. The molecule has 110 valence electrons. The molecule has 1 aliphatic rings. The number of anilines is 2. The summed E-state index contributed by atoms with van der Waals surface area (Å²) in [6.07, 6.45) is 3.81. The van der Waals surface area contributed by atoms with E-state index in [-0.39, 0.29) is 5.56 Å². The first-order valence-electron chi connectivity index (χ1n) is 7.04. The number of nitrogens with zero attached hydrogens (tertiary/aromatic N) is 3. The lowest BCUT2D eigenvalue weighted by Crippen LogP contribution is -2.26. The summed E-state index contributed by atoms with van der Waals surface area (Å²) in [7, 11) is 0. The van der Waals surface area contributed by atoms with Gasteiger partial charge in [-0.15, -0.1) is 0 Å². The van der Waals surface area contributed by atoms with Crippen LogP contribution >= 0.6 is 27.3 Å². The van der Waals surface area contributed by atoms with E-state index in [1.165, 1.54) is 16.9 Å². The summed E-state index contributed by atoms with van der Waals surface area (Å²) in [6.45, 7) is 0.871. The molecule has 4 rings (SSSR count). The number of benzene rings is 1. The number of halogens is 1. The van der Waals surface area contributed by atoms with E-state index in [9.17, 15) is 4.79 Å². The fourth-order valence-electron chi connectivity index (χ4n) is 2.77. The Balaban J connectivity index is 1.88. The van der Waals surface area contributed by atoms with Crippen molar-refractivity contribution < 1.29 is 0 Å². The second-order valence-corrected chi connectivity index (χ2v) is 7.06. The molecule has 0 saturated carbocycles. The Hall–Kier alpha value is -1.79. The molecule has 0 fully saturated rings. The number of aryl methyl sites for hydroxylation is 1. The third kappa shape index (κ3) is 2.32. The van der Waals surface area contributed by atoms with Gasteiger partial charge in [-0.1, -0.05) is 27.3 Å². The van der Waals surface area contributed by atoms with Crippen LogP contribution in [-0.2, 0) is 6.42 Å². The molecule has 0 aliphatic carbocycles. The van der Waals surface area contributed by atoms with Gasteiger partial charge in [-0.25, -0.2) is 4.98 Å². The Kier molecular flexibility index (Phi) is 3.43. The van der Waals surface area contributed by atoms with Gasteiger partial charge in [0.15, 0.2) is 5.13 Å². The molecular weight excluding hydrogens is 362 g/mol. The monoisotopic (exact) mass is 373 g/mol. The molecule has 0 radical (unpaired) electrons. The van der Waals surface area contributed by atoms with Crippen LogP contribution in [-0.4, -0.2) is 16.5 Å². The molecule has 3 heterocycles. The molecule has 0 unspecified atom stereocenters. The zero-order valence-corrected chi connectivity index (χ0v) is 14.0. The van der Waals surface area contributed by atoms with Crippen LogP contribution in [0.1, 0.15) is 12.0 Å². The van der Waals surface area contributed by atoms with Gasteiger partial charge in [0.2, 0.25) is 0 Å². The number of hydrogen-bond acceptors (Lipinski definition) is 5. The van der Waals surface area contributed by atoms with Crippen LogP contribution in [0.2, 0.25) is 0 Å². The van der Waals surface area contributed by atoms with Crippen molar-refractivity contribution in [2.75, 3.05) is 11.4 Å². The first kappa shape index (κ1) is 13.8. The standard InChI is InChI=1S/C16H12BrN3OS/c17-11-5-6-13-10(9-11)3-2-8-20(13)16-19-14(21)12-4-1-7-18-15(12)22-16/h1,4-7,9H,2-3,8H2. The SMILES string of the molecule is O=c1nc(N2CCCc3cc(Br)ccc32)sc2ncccc12. The second-order valence-electron chi connectivity index (χ2n) is 5.19. The minimum atomic E-state index is -0.207. The van der Waals surface area contributed by atoms with Crippen molar-refractivity contribution in [3.8, 4) is 0 Å². The number of aromatic nitrogens is 2. The Morgan fingerprint density at radius 3 is 3.09 bits per heavy atom. The van der Waals surface area contributed by atoms with Crippen molar-refractivity contribution in [1.82, 2.24) is 9.97 Å². The summed E-state index contributed by atoms with van der Waals surface area (Å²) in [5, 5.41) is 1.31. The maximum atomic E-state index is 12.2. The predicted molar refractivity (Wildman–Crippen MR) is 93.2 cm³/mol. The lowest BCUT2D eigenvalue weighted by atomic mass is 10.0. The van der Waals surface area contributed by atoms with Crippen molar-refractivity contribution in [2.45, 2.75) is 12.8 Å². The molecule has 0 saturated heterocycles. The van der Waals surface area contributed by atoms with Crippen molar-refractivity contribution in [1.29, 1.82) is 0 Å². The molecule has 0 spiro atoms. The van der Waals surface area contributed by atoms with Crippen molar-refractivity contribution >= 4 is 48.3 Å². The molecule has 1 aromatic carbocycles. The molecule has 2 aromatic heterocycles. The number of rotatable bonds is 1. The average molecular weight is 374 g/mol. The summed E-state index contributed by atoms with van der Waals surface area (Å²) >= 11 is 4.99. The highest BCUT2D eigenvalue weighted by molar-refractivity contribution is 9.10. The molecule has 1 aliphatic heterocycles. The van der Waals surface area contributed by atoms with Crippen molar-refractivity contribution in [3.05, 3.63) is 56.9 Å². The number of hydrogen-bond donors (Lipinski definition) is 0. The third-order valence-electron chi connectivity index (χ3n) is 3.78. The van der Waals surface area contributed by atoms with Gasteiger partial charge in [0, 0.05) is 22.9 Å². The van der Waals surface area contributed by atoms with E-state index in [0.717, 1.165) is 39.5 Å². The highest BCUT2D eigenvalue weighted by Crippen LogP contribution is 2.36. The van der Waals surface area contributed by atoms with Gasteiger partial charge in [0.1, 0.15) is 4.83 Å². The normalized spacial score (nSPS) is 14.1. The fourth-order valence-corrected chi connectivity index (χ4v) is 4.16. The predicted octanol–water partition coefficient (Wildman–Crippen LogP) is 3.90. The summed E-state index contributed by atoms with van der Waals surface area (Å²) in [4.78, 5) is 23.7. The maximum absolute atomic E-state index is 12.2. The van der Waals surface area contributed by atoms with Crippen LogP contribution in [0.3, 0.4) is 0 Å². The van der Waals surface area contributed by atoms with Gasteiger partial charge in [0.05, 0.1) is 5.39 Å². The molecule has 0 N–H and O–H groups in total. The lowest BCUT2D eigenvalue weighted by Gasteiger charge is -2.29. The van der Waals surface area contributed by atoms with E-state index in [0.29, 0.717) is 5.39 Å². The first-order valence-corrected chi connectivity index (χ1v) is 8.65. The van der Waals surface area contributed by atoms with Gasteiger partial charge in [-0.2, -0.15) is 4.98 Å². The lowest BCUT2D eigenvalue weighted by molar-refractivity contribution is 0.763. The highest BCUT2D eigenvalue weighted by Gasteiger charge is 2.21. The Morgan fingerprint density at radius 1 is 1.27 bits per heavy atom. The molecule has 6 heteroatoms. The summed E-state index contributed by atoms with van der Waals surface area (Å²) in [5.74, 6) is 0. The summed E-state index contributed by atoms with van der Waals surface area (Å²) in [6, 6.07) is 9.80. The van der Waals surface area contributed by atoms with E-state index < -0.39 is 0 Å². The second kappa shape index (κ2) is 5.44. The first-order chi connectivity index (χ1) is 10.7. The number of fused-ring (bicyclic) bond motifs is 2. The van der Waals surface area contributed by atoms with Gasteiger partial charge in [-0.3, -0.25) is 4.79 Å². The van der Waals surface area contributed by atoms with Crippen LogP contribution < -0.4 is 10.5 Å². The van der Waals surface area contributed by atoms with E-state index in [2.05, 4.69) is 42.9 Å². The zero-order chi connectivity index (χ0) is 15.1. The minimum Gasteiger partial charge on any atom is -0.317 e. The Labute approximate surface area is 139 Å². The van der Waals surface area contributed by atoms with Crippen LogP contribution in [0.4, 0.5) is 10.8 Å². The number of pyridine rings is 1. The van der Waals surface area contributed by atoms with Crippen LogP contribution in [0.25, 0.3) is 10.2 Å². The summed E-state index contributed by atoms with van der Waals surface area (Å²) in [5.41, 5.74) is 2.21. The fraction of sp³-hybridized carbons (Fsp3) is 0.188. The van der Waals surface area contributed by atoms with Gasteiger partial charge in [0.25, 0.3) is 5.56 Å². The molecule has 4 nitrogen and oxygen atoms in total. The molecule has 0 atom stereocenters. The third-order valence-corrected chi connectivity index (χ3v) is 5.28. The zero-order valence-electron chi connectivity index (χ0n) is 11.6. The maximum Gasteiger partial charge on any atom is 0.282 e. The minimum absolute atomic E-state index is 0.207. The summed E-state index contributed by atoms with van der Waals surface area (Å²) < 4.78 is 1.08. The Bertz CT molecular complexity index is 925. The van der Waals surface area contributed by atoms with Crippen molar-refractivity contribution in [2.24, 2.45) is 0 Å². The largest absolute Gasteiger partial charge is 0.317 e. The molecule has 3 aromatic rings. The van der Waals surface area contributed by atoms with E-state index in [1.807, 2.05) is 6.07 Å². The van der Waals surface area contributed by atoms with E-state index >= 15 is 0 Å². The smallest absolute Gasteiger partial charge is 0.282 e. The average Bonchev–Trinajstić information content (AvgIpc) is 2.54. The van der Waals surface area contributed by atoms with Crippen LogP contribution in [0.15, 0.2) is 45.8 Å². The molecular formula is C16H12BrN3OS. The Morgan fingerprint density at radius 2 is 2.18 bits per heavy atom. The quantitative estimate of drug-likeness (QED) is 0.648. The van der Waals surface area contributed by atoms with E-state index in [4.69, 9.17) is 0 Å². The van der Waals surface area contributed by atoms with Gasteiger partial charge in [-0.05, 0) is 48.7 Å². The van der Waals surface area contributed by atoms with Gasteiger partial charge < -0.3 is 4.90 Å². The molecule has 0 amide bonds.